The van der Waals surface area contributed by atoms with Crippen LogP contribution in [-0.2, 0) is 0 Å². The van der Waals surface area contributed by atoms with Crippen LogP contribution in [0.4, 0.5) is 5.82 Å². The van der Waals surface area contributed by atoms with Crippen molar-refractivity contribution in [2.75, 3.05) is 18.1 Å². The fraction of sp³-hybridized carbons (Fsp3) is 0.636. The summed E-state index contributed by atoms with van der Waals surface area (Å²) in [6.45, 7) is 0.876. The number of anilines is 1. The number of hydrogen-bond acceptors (Lipinski definition) is 4. The Hall–Kier alpha value is -0.190. The van der Waals surface area contributed by atoms with Gasteiger partial charge in [-0.25, -0.2) is 4.98 Å². The standard InChI is InChI=1S/C11H15Cl2N3S/c1-17-11(4-2-3-5-11)7-15-9-8(12)6-14-10(13)16-9/h6H,2-5,7H2,1H3,(H,14,15,16). The molecule has 1 heterocycles. The Bertz CT molecular complexity index is 394. The first-order valence-corrected chi connectivity index (χ1v) is 7.60. The van der Waals surface area contributed by atoms with Crippen molar-refractivity contribution in [2.45, 2.75) is 30.4 Å². The molecule has 0 atom stereocenters. The molecule has 0 aromatic carbocycles. The molecule has 1 aromatic heterocycles. The third kappa shape index (κ3) is 3.18. The van der Waals surface area contributed by atoms with Gasteiger partial charge in [0.25, 0.3) is 0 Å². The highest BCUT2D eigenvalue weighted by Gasteiger charge is 2.32. The van der Waals surface area contributed by atoms with E-state index in [4.69, 9.17) is 23.2 Å². The molecule has 1 aliphatic carbocycles. The second-order valence-corrected chi connectivity index (χ2v) is 6.30. The van der Waals surface area contributed by atoms with E-state index < -0.39 is 0 Å². The second-order valence-electron chi connectivity index (χ2n) is 4.28. The Labute approximate surface area is 116 Å². The summed E-state index contributed by atoms with van der Waals surface area (Å²) < 4.78 is 0.320. The minimum Gasteiger partial charge on any atom is -0.367 e. The zero-order chi connectivity index (χ0) is 12.3. The van der Waals surface area contributed by atoms with Crippen LogP contribution >= 0.6 is 35.0 Å². The van der Waals surface area contributed by atoms with Crippen molar-refractivity contribution < 1.29 is 0 Å². The number of hydrogen-bond donors (Lipinski definition) is 1. The quantitative estimate of drug-likeness (QED) is 0.855. The first-order valence-electron chi connectivity index (χ1n) is 5.62. The lowest BCUT2D eigenvalue weighted by atomic mass is 10.1. The number of aromatic nitrogens is 2. The molecular formula is C11H15Cl2N3S. The third-order valence-corrected chi connectivity index (χ3v) is 5.12. The Balaban J connectivity index is 2.03. The SMILES string of the molecule is CSC1(CNc2nc(Cl)ncc2Cl)CCCC1. The molecule has 0 unspecified atom stereocenters. The summed E-state index contributed by atoms with van der Waals surface area (Å²) in [5.41, 5.74) is 0. The van der Waals surface area contributed by atoms with Gasteiger partial charge in [0.2, 0.25) is 5.28 Å². The lowest BCUT2D eigenvalue weighted by Gasteiger charge is -2.27. The van der Waals surface area contributed by atoms with Gasteiger partial charge in [-0.3, -0.25) is 0 Å². The highest BCUT2D eigenvalue weighted by Crippen LogP contribution is 2.40. The molecular weight excluding hydrogens is 277 g/mol. The van der Waals surface area contributed by atoms with Gasteiger partial charge in [0.1, 0.15) is 10.8 Å². The van der Waals surface area contributed by atoms with Gasteiger partial charge in [0.15, 0.2) is 0 Å². The van der Waals surface area contributed by atoms with E-state index in [1.54, 1.807) is 0 Å². The minimum absolute atomic E-state index is 0.224. The summed E-state index contributed by atoms with van der Waals surface area (Å²) in [7, 11) is 0. The average molecular weight is 292 g/mol. The van der Waals surface area contributed by atoms with Crippen LogP contribution in [0.1, 0.15) is 25.7 Å². The van der Waals surface area contributed by atoms with Gasteiger partial charge >= 0.3 is 0 Å². The van der Waals surface area contributed by atoms with Crippen LogP contribution in [0, 0.1) is 0 Å². The molecule has 1 aromatic rings. The Morgan fingerprint density at radius 2 is 2.12 bits per heavy atom. The lowest BCUT2D eigenvalue weighted by Crippen LogP contribution is -2.30. The van der Waals surface area contributed by atoms with Crippen LogP contribution in [0.3, 0.4) is 0 Å². The summed E-state index contributed by atoms with van der Waals surface area (Å²) in [4.78, 5) is 7.93. The fourth-order valence-corrected chi connectivity index (χ4v) is 3.39. The van der Waals surface area contributed by atoms with Gasteiger partial charge in [-0.2, -0.15) is 16.7 Å². The maximum Gasteiger partial charge on any atom is 0.224 e. The first kappa shape index (κ1) is 13.2. The molecule has 2 rings (SSSR count). The van der Waals surface area contributed by atoms with Gasteiger partial charge < -0.3 is 5.32 Å². The van der Waals surface area contributed by atoms with Crippen molar-refractivity contribution in [1.82, 2.24) is 9.97 Å². The molecule has 1 fully saturated rings. The summed E-state index contributed by atoms with van der Waals surface area (Å²) >= 11 is 13.7. The molecule has 94 valence electrons. The molecule has 0 bridgehead atoms. The van der Waals surface area contributed by atoms with Gasteiger partial charge in [-0.05, 0) is 30.7 Å². The summed E-state index contributed by atoms with van der Waals surface area (Å²) in [5, 5.41) is 4.04. The molecule has 0 aliphatic heterocycles. The Morgan fingerprint density at radius 3 is 2.76 bits per heavy atom. The van der Waals surface area contributed by atoms with Gasteiger partial charge in [0, 0.05) is 11.3 Å². The van der Waals surface area contributed by atoms with Crippen molar-refractivity contribution in [3.8, 4) is 0 Å². The van der Waals surface area contributed by atoms with Gasteiger partial charge in [0.05, 0.1) is 6.20 Å². The Kier molecular flexibility index (Phi) is 4.39. The highest BCUT2D eigenvalue weighted by atomic mass is 35.5. The highest BCUT2D eigenvalue weighted by molar-refractivity contribution is 8.00. The second kappa shape index (κ2) is 5.63. The molecule has 1 N–H and O–H groups in total. The van der Waals surface area contributed by atoms with Crippen LogP contribution in [0.15, 0.2) is 6.20 Å². The smallest absolute Gasteiger partial charge is 0.224 e. The topological polar surface area (TPSA) is 37.8 Å². The monoisotopic (exact) mass is 291 g/mol. The van der Waals surface area contributed by atoms with Crippen LogP contribution in [0.2, 0.25) is 10.3 Å². The molecule has 0 radical (unpaired) electrons. The van der Waals surface area contributed by atoms with Gasteiger partial charge in [-0.15, -0.1) is 0 Å². The van der Waals surface area contributed by atoms with Crippen molar-refractivity contribution in [3.05, 3.63) is 16.5 Å². The lowest BCUT2D eigenvalue weighted by molar-refractivity contribution is 0.638. The van der Waals surface area contributed by atoms with E-state index in [0.717, 1.165) is 6.54 Å². The minimum atomic E-state index is 0.224. The van der Waals surface area contributed by atoms with E-state index in [0.29, 0.717) is 15.6 Å². The maximum absolute atomic E-state index is 6.02. The Morgan fingerprint density at radius 1 is 1.41 bits per heavy atom. The molecule has 1 aliphatic rings. The first-order chi connectivity index (χ1) is 8.15. The van der Waals surface area contributed by atoms with Crippen molar-refractivity contribution in [2.24, 2.45) is 0 Å². The van der Waals surface area contributed by atoms with Crippen molar-refractivity contribution in [1.29, 1.82) is 0 Å². The number of nitrogens with zero attached hydrogens (tertiary/aromatic N) is 2. The van der Waals surface area contributed by atoms with Crippen molar-refractivity contribution >= 4 is 40.8 Å². The predicted octanol–water partition coefficient (Wildman–Crippen LogP) is 3.87. The molecule has 1 saturated carbocycles. The van der Waals surface area contributed by atoms with E-state index >= 15 is 0 Å². The van der Waals surface area contributed by atoms with Crippen LogP contribution in [0.25, 0.3) is 0 Å². The number of halogens is 2. The molecule has 6 heteroatoms. The summed E-state index contributed by atoms with van der Waals surface area (Å²) in [6, 6.07) is 0. The average Bonchev–Trinajstić information content (AvgIpc) is 2.80. The van der Waals surface area contributed by atoms with E-state index in [-0.39, 0.29) is 5.28 Å². The molecule has 0 saturated heterocycles. The van der Waals surface area contributed by atoms with Crippen LogP contribution in [0.5, 0.6) is 0 Å². The third-order valence-electron chi connectivity index (χ3n) is 3.24. The number of nitrogens with one attached hydrogen (secondary N) is 1. The van der Waals surface area contributed by atoms with E-state index in [2.05, 4.69) is 21.5 Å². The summed E-state index contributed by atoms with van der Waals surface area (Å²) in [6.07, 6.45) is 8.80. The van der Waals surface area contributed by atoms with E-state index in [9.17, 15) is 0 Å². The number of rotatable bonds is 4. The van der Waals surface area contributed by atoms with E-state index in [1.807, 2.05) is 11.8 Å². The summed E-state index contributed by atoms with van der Waals surface area (Å²) in [5.74, 6) is 0.631. The molecule has 0 spiro atoms. The molecule has 0 amide bonds. The van der Waals surface area contributed by atoms with Gasteiger partial charge in [-0.1, -0.05) is 24.4 Å². The maximum atomic E-state index is 6.02. The fourth-order valence-electron chi connectivity index (χ4n) is 2.19. The van der Waals surface area contributed by atoms with E-state index in [1.165, 1.54) is 31.9 Å². The molecule has 3 nitrogen and oxygen atoms in total. The van der Waals surface area contributed by atoms with Crippen molar-refractivity contribution in [3.63, 3.8) is 0 Å². The zero-order valence-electron chi connectivity index (χ0n) is 9.67. The van der Waals surface area contributed by atoms with Crippen LogP contribution < -0.4 is 5.32 Å². The predicted molar refractivity (Wildman–Crippen MR) is 75.3 cm³/mol. The zero-order valence-corrected chi connectivity index (χ0v) is 12.0. The molecule has 17 heavy (non-hydrogen) atoms. The van der Waals surface area contributed by atoms with Crippen LogP contribution in [-0.4, -0.2) is 27.5 Å². The largest absolute Gasteiger partial charge is 0.367 e. The normalized spacial score (nSPS) is 18.3. The number of thioether (sulfide) groups is 1.